The van der Waals surface area contributed by atoms with Crippen LogP contribution in [0.1, 0.15) is 81.0 Å². The minimum absolute atomic E-state index is 0.0383. The van der Waals surface area contributed by atoms with Gasteiger partial charge in [-0.25, -0.2) is 14.8 Å². The summed E-state index contributed by atoms with van der Waals surface area (Å²) < 4.78 is 5.16. The zero-order valence-corrected chi connectivity index (χ0v) is 31.6. The topological polar surface area (TPSA) is 192 Å². The van der Waals surface area contributed by atoms with Gasteiger partial charge in [0.2, 0.25) is 11.8 Å². The van der Waals surface area contributed by atoms with Crippen LogP contribution in [0.3, 0.4) is 0 Å². The minimum Gasteiger partial charge on any atom is -0.448 e. The molecule has 57 heavy (non-hydrogen) atoms. The number of benzene rings is 2. The van der Waals surface area contributed by atoms with E-state index in [0.717, 1.165) is 80.2 Å². The van der Waals surface area contributed by atoms with E-state index in [2.05, 4.69) is 49.3 Å². The number of amides is 6. The summed E-state index contributed by atoms with van der Waals surface area (Å²) in [6.45, 7) is 6.04. The van der Waals surface area contributed by atoms with Gasteiger partial charge in [0.05, 0.1) is 35.6 Å². The maximum absolute atomic E-state index is 13.3. The number of carbonyl (C=O) groups is 6. The number of nitrogens with two attached hydrogens (primary N) is 1. The molecule has 0 bridgehead atoms. The number of nitrogens with zero attached hydrogens (tertiary/aromatic N) is 7. The second-order valence-corrected chi connectivity index (χ2v) is 15.9. The van der Waals surface area contributed by atoms with Crippen molar-refractivity contribution in [2.24, 2.45) is 17.6 Å². The predicted octanol–water partition coefficient (Wildman–Crippen LogP) is 2.34. The zero-order valence-electron chi connectivity index (χ0n) is 31.6. The van der Waals surface area contributed by atoms with E-state index >= 15 is 0 Å². The lowest BCUT2D eigenvalue weighted by atomic mass is 9.79. The predicted molar refractivity (Wildman–Crippen MR) is 207 cm³/mol. The molecule has 6 aliphatic rings. The van der Waals surface area contributed by atoms with Crippen LogP contribution in [0.25, 0.3) is 0 Å². The van der Waals surface area contributed by atoms with Crippen LogP contribution < -0.4 is 25.8 Å². The molecule has 3 aromatic rings. The number of hydrogen-bond donors (Lipinski definition) is 2. The fourth-order valence-electron chi connectivity index (χ4n) is 9.38. The monoisotopic (exact) mass is 775 g/mol. The van der Waals surface area contributed by atoms with Gasteiger partial charge in [-0.05, 0) is 79.8 Å². The SMILES string of the molecule is NC(=O)c1ncc(N2CCC[C@H](N3CCOC3=O)C2)nc1Cc1ccc(N2CCC(C3CN(c4ccc5c(c4)C(=O)N(C4CCC(=O)NC4=O)C5=O)C3)CC2)cc1. The van der Waals surface area contributed by atoms with E-state index in [1.165, 1.54) is 0 Å². The van der Waals surface area contributed by atoms with Crippen molar-refractivity contribution < 1.29 is 33.5 Å². The third-order valence-corrected chi connectivity index (χ3v) is 12.6. The Morgan fingerprint density at radius 3 is 2.28 bits per heavy atom. The Kier molecular flexibility index (Phi) is 9.49. The minimum atomic E-state index is -0.976. The lowest BCUT2D eigenvalue weighted by Gasteiger charge is -2.47. The lowest BCUT2D eigenvalue weighted by Crippen LogP contribution is -2.54. The first kappa shape index (κ1) is 36.6. The van der Waals surface area contributed by atoms with E-state index in [9.17, 15) is 28.8 Å². The second kappa shape index (κ2) is 14.8. The van der Waals surface area contributed by atoms with E-state index in [-0.39, 0.29) is 30.7 Å². The highest BCUT2D eigenvalue weighted by Crippen LogP contribution is 2.38. The van der Waals surface area contributed by atoms with Crippen LogP contribution >= 0.6 is 0 Å². The van der Waals surface area contributed by atoms with Crippen LogP contribution in [0.5, 0.6) is 0 Å². The molecule has 16 nitrogen and oxygen atoms in total. The molecule has 16 heteroatoms. The van der Waals surface area contributed by atoms with Gasteiger partial charge in [0.25, 0.3) is 17.7 Å². The fourth-order valence-corrected chi connectivity index (χ4v) is 9.38. The number of ether oxygens (including phenoxy) is 1. The first-order chi connectivity index (χ1) is 27.6. The molecular formula is C41H45N9O7. The van der Waals surface area contributed by atoms with E-state index in [1.807, 2.05) is 6.07 Å². The standard InChI is InChI=1S/C41H45N9O7/c42-37(52)36-32(44-34(20-43-36)47-13-1-2-29(23-47)49-16-17-57-41(49)56)18-24-3-5-27(6-4-24)46-14-11-25(12-15-46)26-21-48(22-26)28-7-8-30-31(19-28)40(55)50(39(30)54)33-9-10-35(51)45-38(33)53/h3-8,19-20,25-26,29,33H,1-2,9-18,21-23H2,(H2,42,52)(H,45,51,53)/t29-,33?/m0/s1. The molecule has 1 aromatic heterocycles. The van der Waals surface area contributed by atoms with Crippen LogP contribution in [0.4, 0.5) is 22.0 Å². The van der Waals surface area contributed by atoms with Crippen molar-refractivity contribution in [1.29, 1.82) is 0 Å². The van der Waals surface area contributed by atoms with Gasteiger partial charge in [0, 0.05) is 63.5 Å². The van der Waals surface area contributed by atoms with E-state index in [0.29, 0.717) is 60.6 Å². The van der Waals surface area contributed by atoms with E-state index < -0.39 is 35.6 Å². The molecule has 7 heterocycles. The Labute approximate surface area is 329 Å². The van der Waals surface area contributed by atoms with Gasteiger partial charge in [-0.1, -0.05) is 12.1 Å². The van der Waals surface area contributed by atoms with Crippen molar-refractivity contribution in [3.63, 3.8) is 0 Å². The van der Waals surface area contributed by atoms with Gasteiger partial charge in [-0.15, -0.1) is 0 Å². The number of carbonyl (C=O) groups excluding carboxylic acids is 6. The summed E-state index contributed by atoms with van der Waals surface area (Å²) >= 11 is 0. The fraction of sp³-hybridized carbons (Fsp3) is 0.463. The van der Waals surface area contributed by atoms with Crippen LogP contribution in [0.15, 0.2) is 48.7 Å². The molecule has 2 atom stereocenters. The largest absolute Gasteiger partial charge is 0.448 e. The third kappa shape index (κ3) is 6.90. The second-order valence-electron chi connectivity index (χ2n) is 15.9. The quantitative estimate of drug-likeness (QED) is 0.302. The highest BCUT2D eigenvalue weighted by Gasteiger charge is 2.45. The number of aromatic nitrogens is 2. The van der Waals surface area contributed by atoms with Crippen molar-refractivity contribution in [3.05, 3.63) is 76.7 Å². The Morgan fingerprint density at radius 1 is 0.807 bits per heavy atom. The van der Waals surface area contributed by atoms with E-state index in [4.69, 9.17) is 15.5 Å². The number of rotatable bonds is 9. The van der Waals surface area contributed by atoms with Crippen molar-refractivity contribution in [2.45, 2.75) is 57.0 Å². The first-order valence-electron chi connectivity index (χ1n) is 19.9. The lowest BCUT2D eigenvalue weighted by molar-refractivity contribution is -0.136. The highest BCUT2D eigenvalue weighted by molar-refractivity contribution is 6.23. The number of anilines is 3. The summed E-state index contributed by atoms with van der Waals surface area (Å²) in [5.74, 6) is -0.831. The van der Waals surface area contributed by atoms with Crippen molar-refractivity contribution in [2.75, 3.05) is 67.1 Å². The molecule has 6 amide bonds. The van der Waals surface area contributed by atoms with Gasteiger partial charge >= 0.3 is 6.09 Å². The summed E-state index contributed by atoms with van der Waals surface area (Å²) in [7, 11) is 0. The number of primary amides is 1. The molecule has 6 aliphatic heterocycles. The molecule has 3 N–H and O–H groups in total. The van der Waals surface area contributed by atoms with E-state index in [1.54, 1.807) is 23.2 Å². The summed E-state index contributed by atoms with van der Waals surface area (Å²) in [5.41, 5.74) is 10.0. The maximum atomic E-state index is 13.3. The number of nitrogens with one attached hydrogen (secondary N) is 1. The molecule has 0 radical (unpaired) electrons. The molecule has 0 saturated carbocycles. The zero-order chi connectivity index (χ0) is 39.4. The van der Waals surface area contributed by atoms with Crippen molar-refractivity contribution in [1.82, 2.24) is 25.1 Å². The molecule has 9 rings (SSSR count). The van der Waals surface area contributed by atoms with Crippen LogP contribution in [-0.4, -0.2) is 120 Å². The molecule has 0 aliphatic carbocycles. The number of piperidine rings is 3. The van der Waals surface area contributed by atoms with Crippen molar-refractivity contribution in [3.8, 4) is 0 Å². The molecule has 296 valence electrons. The molecule has 0 spiro atoms. The molecule has 2 aromatic carbocycles. The van der Waals surface area contributed by atoms with Crippen LogP contribution in [-0.2, 0) is 20.7 Å². The van der Waals surface area contributed by atoms with Crippen LogP contribution in [0.2, 0.25) is 0 Å². The average molecular weight is 776 g/mol. The summed E-state index contributed by atoms with van der Waals surface area (Å²) in [6, 6.07) is 12.8. The maximum Gasteiger partial charge on any atom is 0.410 e. The highest BCUT2D eigenvalue weighted by atomic mass is 16.6. The van der Waals surface area contributed by atoms with Gasteiger partial charge in [-0.3, -0.25) is 34.2 Å². The van der Waals surface area contributed by atoms with Crippen LogP contribution in [0, 0.1) is 11.8 Å². The molecular weight excluding hydrogens is 731 g/mol. The Morgan fingerprint density at radius 2 is 1.56 bits per heavy atom. The summed E-state index contributed by atoms with van der Waals surface area (Å²) in [6.07, 6.45) is 5.89. The number of hydrogen-bond acceptors (Lipinski definition) is 12. The number of cyclic esters (lactones) is 1. The normalized spacial score (nSPS) is 23.2. The first-order valence-corrected chi connectivity index (χ1v) is 19.9. The summed E-state index contributed by atoms with van der Waals surface area (Å²) in [5, 5.41) is 2.24. The van der Waals surface area contributed by atoms with Gasteiger partial charge in [0.15, 0.2) is 0 Å². The molecule has 5 fully saturated rings. The Hall–Kier alpha value is -6.06. The van der Waals surface area contributed by atoms with Gasteiger partial charge in [0.1, 0.15) is 24.2 Å². The molecule has 1 unspecified atom stereocenters. The number of fused-ring (bicyclic) bond motifs is 1. The van der Waals surface area contributed by atoms with Gasteiger partial charge < -0.3 is 30.1 Å². The summed E-state index contributed by atoms with van der Waals surface area (Å²) in [4.78, 5) is 93.9. The third-order valence-electron chi connectivity index (χ3n) is 12.6. The average Bonchev–Trinajstić information content (AvgIpc) is 3.74. The molecule has 5 saturated heterocycles. The number of imide groups is 2. The van der Waals surface area contributed by atoms with Gasteiger partial charge in [-0.2, -0.15) is 0 Å². The Balaban J connectivity index is 0.783. The van der Waals surface area contributed by atoms with Crippen molar-refractivity contribution >= 4 is 52.8 Å². The Bertz CT molecular complexity index is 2150. The smallest absolute Gasteiger partial charge is 0.410 e.